The lowest BCUT2D eigenvalue weighted by atomic mass is 9.78. The molecule has 0 aromatic carbocycles. The molecule has 2 aliphatic rings. The predicted octanol–water partition coefficient (Wildman–Crippen LogP) is 2.09. The van der Waals surface area contributed by atoms with E-state index in [1.807, 2.05) is 0 Å². The van der Waals surface area contributed by atoms with Crippen molar-refractivity contribution in [1.82, 2.24) is 10.6 Å². The van der Waals surface area contributed by atoms with Crippen molar-refractivity contribution in [2.75, 3.05) is 19.7 Å². The molecule has 1 amide bonds. The molecule has 2 N–H and O–H groups in total. The minimum absolute atomic E-state index is 0.142. The maximum absolute atomic E-state index is 12.0. The van der Waals surface area contributed by atoms with E-state index in [-0.39, 0.29) is 17.4 Å². The number of hydrogen-bond acceptors (Lipinski definition) is 3. The molecule has 116 valence electrons. The highest BCUT2D eigenvalue weighted by atomic mass is 16.5. The van der Waals surface area contributed by atoms with Gasteiger partial charge in [-0.05, 0) is 37.6 Å². The van der Waals surface area contributed by atoms with Gasteiger partial charge in [0.25, 0.3) is 0 Å². The fourth-order valence-corrected chi connectivity index (χ4v) is 3.48. The molecule has 2 saturated heterocycles. The second-order valence-corrected chi connectivity index (χ2v) is 7.36. The van der Waals surface area contributed by atoms with Crippen LogP contribution in [0.2, 0.25) is 0 Å². The van der Waals surface area contributed by atoms with E-state index in [9.17, 15) is 4.79 Å². The number of ether oxygens (including phenoxy) is 1. The highest BCUT2D eigenvalue weighted by Crippen LogP contribution is 2.33. The van der Waals surface area contributed by atoms with E-state index < -0.39 is 0 Å². The van der Waals surface area contributed by atoms with Crippen molar-refractivity contribution in [1.29, 1.82) is 0 Å². The van der Waals surface area contributed by atoms with Crippen LogP contribution in [-0.4, -0.2) is 37.7 Å². The number of carbonyl (C=O) groups excluding carboxylic acids is 1. The number of rotatable bonds is 4. The molecular weight excluding hydrogens is 252 g/mol. The summed E-state index contributed by atoms with van der Waals surface area (Å²) in [6, 6.07) is 0.385. The van der Waals surface area contributed by atoms with E-state index in [0.29, 0.717) is 18.4 Å². The summed E-state index contributed by atoms with van der Waals surface area (Å²) in [7, 11) is 0. The standard InChI is InChI=1S/C16H30N2O2/c1-16(2,3)15-12(6-5-9-20-15)11-18-14(19)10-13-7-4-8-17-13/h12-13,15,17H,4-11H2,1-3H3,(H,18,19). The maximum atomic E-state index is 12.0. The molecule has 2 fully saturated rings. The van der Waals surface area contributed by atoms with E-state index in [4.69, 9.17) is 4.74 Å². The molecule has 2 aliphatic heterocycles. The molecule has 0 bridgehead atoms. The first-order chi connectivity index (χ1) is 9.47. The van der Waals surface area contributed by atoms with Crippen LogP contribution in [-0.2, 0) is 9.53 Å². The van der Waals surface area contributed by atoms with E-state index in [1.54, 1.807) is 0 Å². The van der Waals surface area contributed by atoms with Crippen LogP contribution < -0.4 is 10.6 Å². The van der Waals surface area contributed by atoms with Crippen LogP contribution in [0.4, 0.5) is 0 Å². The quantitative estimate of drug-likeness (QED) is 0.830. The Hall–Kier alpha value is -0.610. The van der Waals surface area contributed by atoms with Gasteiger partial charge in [0.15, 0.2) is 0 Å². The van der Waals surface area contributed by atoms with Crippen LogP contribution in [0.25, 0.3) is 0 Å². The number of hydrogen-bond donors (Lipinski definition) is 2. The molecule has 0 saturated carbocycles. The molecular formula is C16H30N2O2. The zero-order valence-electron chi connectivity index (χ0n) is 13.2. The van der Waals surface area contributed by atoms with Crippen molar-refractivity contribution in [3.63, 3.8) is 0 Å². The lowest BCUT2D eigenvalue weighted by Gasteiger charge is -2.40. The highest BCUT2D eigenvalue weighted by molar-refractivity contribution is 5.76. The maximum Gasteiger partial charge on any atom is 0.221 e. The molecule has 4 heteroatoms. The molecule has 0 spiro atoms. The van der Waals surface area contributed by atoms with E-state index >= 15 is 0 Å². The zero-order chi connectivity index (χ0) is 14.6. The largest absolute Gasteiger partial charge is 0.377 e. The van der Waals surface area contributed by atoms with Gasteiger partial charge in [-0.3, -0.25) is 4.79 Å². The summed E-state index contributed by atoms with van der Waals surface area (Å²) in [5.41, 5.74) is 0.142. The summed E-state index contributed by atoms with van der Waals surface area (Å²) >= 11 is 0. The average molecular weight is 282 g/mol. The first kappa shape index (κ1) is 15.8. The van der Waals surface area contributed by atoms with Crippen LogP contribution in [0.1, 0.15) is 52.9 Å². The Morgan fingerprint density at radius 1 is 1.30 bits per heavy atom. The average Bonchev–Trinajstić information content (AvgIpc) is 2.88. The fraction of sp³-hybridized carbons (Fsp3) is 0.938. The molecule has 2 rings (SSSR count). The molecule has 20 heavy (non-hydrogen) atoms. The third-order valence-electron chi connectivity index (χ3n) is 4.45. The van der Waals surface area contributed by atoms with Gasteiger partial charge >= 0.3 is 0 Å². The Balaban J connectivity index is 1.77. The molecule has 0 aromatic heterocycles. The Bertz CT molecular complexity index is 319. The second-order valence-electron chi connectivity index (χ2n) is 7.36. The summed E-state index contributed by atoms with van der Waals surface area (Å²) < 4.78 is 5.96. The smallest absolute Gasteiger partial charge is 0.221 e. The van der Waals surface area contributed by atoms with Gasteiger partial charge in [-0.25, -0.2) is 0 Å². The lowest BCUT2D eigenvalue weighted by molar-refractivity contribution is -0.123. The highest BCUT2D eigenvalue weighted by Gasteiger charge is 2.35. The first-order valence-corrected chi connectivity index (χ1v) is 8.08. The normalized spacial score (nSPS) is 31.2. The second kappa shape index (κ2) is 6.90. The van der Waals surface area contributed by atoms with E-state index in [1.165, 1.54) is 6.42 Å². The van der Waals surface area contributed by atoms with Crippen LogP contribution in [0.15, 0.2) is 0 Å². The monoisotopic (exact) mass is 282 g/mol. The number of carbonyl (C=O) groups is 1. The van der Waals surface area contributed by atoms with Crippen molar-refractivity contribution in [3.8, 4) is 0 Å². The summed E-state index contributed by atoms with van der Waals surface area (Å²) in [6.45, 7) is 9.34. The van der Waals surface area contributed by atoms with Crippen molar-refractivity contribution < 1.29 is 9.53 Å². The fourth-order valence-electron chi connectivity index (χ4n) is 3.48. The SMILES string of the molecule is CC(C)(C)C1OCCCC1CNC(=O)CC1CCCN1. The Morgan fingerprint density at radius 3 is 2.75 bits per heavy atom. The Labute approximate surface area is 123 Å². The van der Waals surface area contributed by atoms with Gasteiger partial charge in [-0.2, -0.15) is 0 Å². The number of amides is 1. The molecule has 0 aromatic rings. The Kier molecular flexibility index (Phi) is 5.44. The molecule has 0 aliphatic carbocycles. The summed E-state index contributed by atoms with van der Waals surface area (Å²) in [4.78, 5) is 12.0. The van der Waals surface area contributed by atoms with Gasteiger partial charge < -0.3 is 15.4 Å². The molecule has 2 heterocycles. The van der Waals surface area contributed by atoms with Crippen LogP contribution in [0.5, 0.6) is 0 Å². The van der Waals surface area contributed by atoms with Gasteiger partial charge in [-0.1, -0.05) is 20.8 Å². The van der Waals surface area contributed by atoms with Crippen LogP contribution in [0, 0.1) is 11.3 Å². The lowest BCUT2D eigenvalue weighted by Crippen LogP contribution is -2.45. The van der Waals surface area contributed by atoms with Crippen molar-refractivity contribution in [2.24, 2.45) is 11.3 Å². The topological polar surface area (TPSA) is 50.4 Å². The third kappa shape index (κ3) is 4.45. The minimum atomic E-state index is 0.142. The number of nitrogens with one attached hydrogen (secondary N) is 2. The summed E-state index contributed by atoms with van der Waals surface area (Å²) in [5, 5.41) is 6.50. The van der Waals surface area contributed by atoms with Gasteiger partial charge in [0.2, 0.25) is 5.91 Å². The van der Waals surface area contributed by atoms with Gasteiger partial charge in [-0.15, -0.1) is 0 Å². The molecule has 4 nitrogen and oxygen atoms in total. The van der Waals surface area contributed by atoms with Crippen molar-refractivity contribution in [2.45, 2.75) is 65.0 Å². The molecule has 0 radical (unpaired) electrons. The Morgan fingerprint density at radius 2 is 2.10 bits per heavy atom. The van der Waals surface area contributed by atoms with Gasteiger partial charge in [0, 0.05) is 31.5 Å². The predicted molar refractivity (Wildman–Crippen MR) is 80.6 cm³/mol. The molecule has 3 unspecified atom stereocenters. The van der Waals surface area contributed by atoms with Gasteiger partial charge in [0.05, 0.1) is 6.10 Å². The summed E-state index contributed by atoms with van der Waals surface area (Å²) in [5.74, 6) is 0.631. The zero-order valence-corrected chi connectivity index (χ0v) is 13.2. The van der Waals surface area contributed by atoms with Crippen LogP contribution >= 0.6 is 0 Å². The van der Waals surface area contributed by atoms with Crippen LogP contribution in [0.3, 0.4) is 0 Å². The van der Waals surface area contributed by atoms with E-state index in [2.05, 4.69) is 31.4 Å². The minimum Gasteiger partial charge on any atom is -0.377 e. The van der Waals surface area contributed by atoms with E-state index in [0.717, 1.165) is 39.0 Å². The van der Waals surface area contributed by atoms with Crippen molar-refractivity contribution >= 4 is 5.91 Å². The molecule has 3 atom stereocenters. The van der Waals surface area contributed by atoms with Gasteiger partial charge in [0.1, 0.15) is 0 Å². The first-order valence-electron chi connectivity index (χ1n) is 8.08. The third-order valence-corrected chi connectivity index (χ3v) is 4.45. The van der Waals surface area contributed by atoms with Crippen molar-refractivity contribution in [3.05, 3.63) is 0 Å². The summed E-state index contributed by atoms with van der Waals surface area (Å²) in [6.07, 6.45) is 5.46.